The molecule has 0 aliphatic rings. The van der Waals surface area contributed by atoms with Gasteiger partial charge in [0.05, 0.1) is 19.6 Å². The third kappa shape index (κ3) is 3.22. The molecule has 0 fully saturated rings. The minimum atomic E-state index is 0.622. The van der Waals surface area contributed by atoms with Gasteiger partial charge in [-0.3, -0.25) is 0 Å². The molecule has 0 aliphatic heterocycles. The average Bonchev–Trinajstić information content (AvgIpc) is 3.03. The lowest BCUT2D eigenvalue weighted by Gasteiger charge is -2.12. The number of nitrogens with one attached hydrogen (secondary N) is 1. The maximum Gasteiger partial charge on any atom is 0.138 e. The van der Waals surface area contributed by atoms with Crippen molar-refractivity contribution < 1.29 is 9.47 Å². The third-order valence-electron chi connectivity index (χ3n) is 3.67. The SMILES string of the molecule is CCc1cc2c(NCc3ccc(OC)cc3OC)ncnc2s1. The van der Waals surface area contributed by atoms with Crippen molar-refractivity contribution in [3.8, 4) is 11.5 Å². The van der Waals surface area contributed by atoms with Crippen LogP contribution in [0.1, 0.15) is 17.4 Å². The van der Waals surface area contributed by atoms with Crippen LogP contribution in [0.2, 0.25) is 0 Å². The summed E-state index contributed by atoms with van der Waals surface area (Å²) in [6.07, 6.45) is 2.61. The number of aryl methyl sites for hydroxylation is 1. The predicted octanol–water partition coefficient (Wildman–Crippen LogP) is 3.88. The van der Waals surface area contributed by atoms with E-state index in [9.17, 15) is 0 Å². The van der Waals surface area contributed by atoms with Gasteiger partial charge < -0.3 is 14.8 Å². The summed E-state index contributed by atoms with van der Waals surface area (Å²) in [5.41, 5.74) is 1.05. The Labute approximate surface area is 139 Å². The minimum Gasteiger partial charge on any atom is -0.497 e. The van der Waals surface area contributed by atoms with Gasteiger partial charge in [-0.25, -0.2) is 9.97 Å². The summed E-state index contributed by atoms with van der Waals surface area (Å²) in [6, 6.07) is 7.96. The van der Waals surface area contributed by atoms with Crippen molar-refractivity contribution >= 4 is 27.4 Å². The van der Waals surface area contributed by atoms with E-state index in [0.29, 0.717) is 6.54 Å². The summed E-state index contributed by atoms with van der Waals surface area (Å²) < 4.78 is 10.7. The molecule has 2 heterocycles. The lowest BCUT2D eigenvalue weighted by Crippen LogP contribution is -2.04. The fourth-order valence-corrected chi connectivity index (χ4v) is 3.33. The zero-order valence-electron chi connectivity index (χ0n) is 13.4. The predicted molar refractivity (Wildman–Crippen MR) is 93.7 cm³/mol. The highest BCUT2D eigenvalue weighted by Gasteiger charge is 2.10. The smallest absolute Gasteiger partial charge is 0.138 e. The molecular weight excluding hydrogens is 310 g/mol. The number of ether oxygens (including phenoxy) is 2. The topological polar surface area (TPSA) is 56.3 Å². The molecule has 0 spiro atoms. The Kier molecular flexibility index (Phi) is 4.62. The van der Waals surface area contributed by atoms with Crippen molar-refractivity contribution in [2.24, 2.45) is 0 Å². The van der Waals surface area contributed by atoms with Gasteiger partial charge in [-0.15, -0.1) is 11.3 Å². The lowest BCUT2D eigenvalue weighted by molar-refractivity contribution is 0.391. The second kappa shape index (κ2) is 6.83. The van der Waals surface area contributed by atoms with Crippen LogP contribution in [0.5, 0.6) is 11.5 Å². The van der Waals surface area contributed by atoms with E-state index in [1.165, 1.54) is 4.88 Å². The Bertz CT molecular complexity index is 817. The molecule has 0 unspecified atom stereocenters. The van der Waals surface area contributed by atoms with E-state index in [-0.39, 0.29) is 0 Å². The van der Waals surface area contributed by atoms with E-state index in [0.717, 1.165) is 39.5 Å². The van der Waals surface area contributed by atoms with Gasteiger partial charge in [0, 0.05) is 23.1 Å². The summed E-state index contributed by atoms with van der Waals surface area (Å²) in [5.74, 6) is 2.42. The van der Waals surface area contributed by atoms with E-state index in [1.807, 2.05) is 18.2 Å². The molecule has 0 saturated heterocycles. The van der Waals surface area contributed by atoms with Gasteiger partial charge in [-0.1, -0.05) is 6.92 Å². The monoisotopic (exact) mass is 329 g/mol. The largest absolute Gasteiger partial charge is 0.497 e. The molecule has 1 N–H and O–H groups in total. The van der Waals surface area contributed by atoms with Gasteiger partial charge in [-0.2, -0.15) is 0 Å². The van der Waals surface area contributed by atoms with Gasteiger partial charge in [0.15, 0.2) is 0 Å². The number of aromatic nitrogens is 2. The number of rotatable bonds is 6. The summed E-state index contributed by atoms with van der Waals surface area (Å²) in [5, 5.41) is 4.46. The fraction of sp³-hybridized carbons (Fsp3) is 0.294. The van der Waals surface area contributed by atoms with Crippen molar-refractivity contribution in [2.75, 3.05) is 19.5 Å². The first-order valence-corrected chi connectivity index (χ1v) is 8.25. The van der Waals surface area contributed by atoms with Crippen molar-refractivity contribution in [3.05, 3.63) is 41.0 Å². The van der Waals surface area contributed by atoms with Crippen LogP contribution in [0.3, 0.4) is 0 Å². The molecular formula is C17H19N3O2S. The van der Waals surface area contributed by atoms with Crippen LogP contribution in [0, 0.1) is 0 Å². The Morgan fingerprint density at radius 3 is 2.74 bits per heavy atom. The van der Waals surface area contributed by atoms with Crippen LogP contribution in [0.25, 0.3) is 10.2 Å². The molecule has 0 bridgehead atoms. The van der Waals surface area contributed by atoms with Crippen molar-refractivity contribution in [1.29, 1.82) is 0 Å². The van der Waals surface area contributed by atoms with E-state index in [2.05, 4.69) is 28.3 Å². The van der Waals surface area contributed by atoms with Crippen LogP contribution in [0.4, 0.5) is 5.82 Å². The van der Waals surface area contributed by atoms with E-state index < -0.39 is 0 Å². The summed E-state index contributed by atoms with van der Waals surface area (Å²) in [7, 11) is 3.31. The quantitative estimate of drug-likeness (QED) is 0.744. The number of methoxy groups -OCH3 is 2. The first-order valence-electron chi connectivity index (χ1n) is 7.43. The van der Waals surface area contributed by atoms with E-state index >= 15 is 0 Å². The highest BCUT2D eigenvalue weighted by molar-refractivity contribution is 7.18. The maximum absolute atomic E-state index is 5.43. The molecule has 0 aliphatic carbocycles. The van der Waals surface area contributed by atoms with Crippen molar-refractivity contribution in [3.63, 3.8) is 0 Å². The molecule has 120 valence electrons. The van der Waals surface area contributed by atoms with Crippen molar-refractivity contribution in [1.82, 2.24) is 9.97 Å². The number of anilines is 1. The molecule has 1 aromatic carbocycles. The van der Waals surface area contributed by atoms with Gasteiger partial charge >= 0.3 is 0 Å². The number of hydrogen-bond donors (Lipinski definition) is 1. The zero-order chi connectivity index (χ0) is 16.2. The van der Waals surface area contributed by atoms with E-state index in [1.54, 1.807) is 31.9 Å². The Morgan fingerprint density at radius 2 is 2.00 bits per heavy atom. The summed E-state index contributed by atoms with van der Waals surface area (Å²) in [4.78, 5) is 11.1. The first-order chi connectivity index (χ1) is 11.2. The maximum atomic E-state index is 5.43. The molecule has 6 heteroatoms. The van der Waals surface area contributed by atoms with Crippen LogP contribution in [0.15, 0.2) is 30.6 Å². The highest BCUT2D eigenvalue weighted by Crippen LogP contribution is 2.30. The molecule has 23 heavy (non-hydrogen) atoms. The minimum absolute atomic E-state index is 0.622. The average molecular weight is 329 g/mol. The third-order valence-corrected chi connectivity index (χ3v) is 4.86. The molecule has 0 saturated carbocycles. The Hall–Kier alpha value is -2.34. The molecule has 0 atom stereocenters. The molecule has 0 radical (unpaired) electrons. The molecule has 0 amide bonds. The van der Waals surface area contributed by atoms with Gasteiger partial charge in [0.1, 0.15) is 28.5 Å². The standard InChI is InChI=1S/C17H19N3O2S/c1-4-13-8-14-16(19-10-20-17(14)23-13)18-9-11-5-6-12(21-2)7-15(11)22-3/h5-8,10H,4,9H2,1-3H3,(H,18,19,20). The van der Waals surface area contributed by atoms with Crippen LogP contribution in [-0.4, -0.2) is 24.2 Å². The molecule has 3 rings (SSSR count). The second-order valence-electron chi connectivity index (χ2n) is 5.04. The molecule has 2 aromatic heterocycles. The zero-order valence-corrected chi connectivity index (χ0v) is 14.2. The number of benzene rings is 1. The van der Waals surface area contributed by atoms with Crippen LogP contribution < -0.4 is 14.8 Å². The van der Waals surface area contributed by atoms with Crippen molar-refractivity contribution in [2.45, 2.75) is 19.9 Å². The lowest BCUT2D eigenvalue weighted by atomic mass is 10.2. The number of hydrogen-bond acceptors (Lipinski definition) is 6. The number of thiophene rings is 1. The van der Waals surface area contributed by atoms with E-state index in [4.69, 9.17) is 9.47 Å². The van der Waals surface area contributed by atoms with Crippen LogP contribution >= 0.6 is 11.3 Å². The summed E-state index contributed by atoms with van der Waals surface area (Å²) in [6.45, 7) is 2.77. The summed E-state index contributed by atoms with van der Waals surface area (Å²) >= 11 is 1.71. The highest BCUT2D eigenvalue weighted by atomic mass is 32.1. The Morgan fingerprint density at radius 1 is 1.13 bits per heavy atom. The van der Waals surface area contributed by atoms with Gasteiger partial charge in [0.2, 0.25) is 0 Å². The van der Waals surface area contributed by atoms with Gasteiger partial charge in [-0.05, 0) is 24.6 Å². The molecule has 5 nitrogen and oxygen atoms in total. The molecule has 3 aromatic rings. The van der Waals surface area contributed by atoms with Gasteiger partial charge in [0.25, 0.3) is 0 Å². The fourth-order valence-electron chi connectivity index (χ4n) is 2.40. The first kappa shape index (κ1) is 15.6. The number of nitrogens with zero attached hydrogens (tertiary/aromatic N) is 2. The number of fused-ring (bicyclic) bond motifs is 1. The Balaban J connectivity index is 1.85. The normalized spacial score (nSPS) is 10.7. The second-order valence-corrected chi connectivity index (χ2v) is 6.15. The van der Waals surface area contributed by atoms with Crippen LogP contribution in [-0.2, 0) is 13.0 Å².